The number of aromatic nitrogens is 2. The Morgan fingerprint density at radius 2 is 2.14 bits per heavy atom. The number of nitrogens with two attached hydrogens (primary N) is 1. The van der Waals surface area contributed by atoms with E-state index in [1.807, 2.05) is 0 Å². The van der Waals surface area contributed by atoms with Crippen molar-refractivity contribution in [1.29, 1.82) is 0 Å². The molecule has 0 saturated heterocycles. The van der Waals surface area contributed by atoms with Crippen LogP contribution < -0.4 is 11.3 Å². The van der Waals surface area contributed by atoms with Gasteiger partial charge in [0.25, 0.3) is 0 Å². The summed E-state index contributed by atoms with van der Waals surface area (Å²) in [6.45, 7) is 0. The Hall–Kier alpha value is -1.38. The van der Waals surface area contributed by atoms with Gasteiger partial charge >= 0.3 is 6.18 Å². The second-order valence-electron chi connectivity index (χ2n) is 4.67. The molecular formula is C13H14BrF3N4. The Bertz CT molecular complexity index is 624. The molecule has 0 aliphatic carbocycles. The zero-order valence-electron chi connectivity index (χ0n) is 11.2. The Labute approximate surface area is 128 Å². The van der Waals surface area contributed by atoms with Gasteiger partial charge in [-0.3, -0.25) is 16.0 Å². The summed E-state index contributed by atoms with van der Waals surface area (Å²) >= 11 is 3.06. The Morgan fingerprint density at radius 1 is 1.43 bits per heavy atom. The van der Waals surface area contributed by atoms with Crippen molar-refractivity contribution in [1.82, 2.24) is 15.2 Å². The molecule has 0 aliphatic heterocycles. The van der Waals surface area contributed by atoms with Gasteiger partial charge in [-0.15, -0.1) is 0 Å². The van der Waals surface area contributed by atoms with E-state index >= 15 is 0 Å². The van der Waals surface area contributed by atoms with Gasteiger partial charge in [-0.05, 0) is 29.7 Å². The molecule has 0 amide bonds. The molecule has 0 radical (unpaired) electrons. The zero-order valence-corrected chi connectivity index (χ0v) is 12.7. The van der Waals surface area contributed by atoms with Crippen LogP contribution >= 0.6 is 15.9 Å². The third-order valence-electron chi connectivity index (χ3n) is 3.10. The van der Waals surface area contributed by atoms with Crippen LogP contribution in [-0.2, 0) is 19.6 Å². The highest BCUT2D eigenvalue weighted by atomic mass is 79.9. The highest BCUT2D eigenvalue weighted by Gasteiger charge is 2.35. The molecule has 2 aromatic rings. The number of halogens is 4. The van der Waals surface area contributed by atoms with Crippen LogP contribution in [0.1, 0.15) is 22.7 Å². The lowest BCUT2D eigenvalue weighted by atomic mass is 9.96. The topological polar surface area (TPSA) is 55.9 Å². The van der Waals surface area contributed by atoms with Crippen molar-refractivity contribution in [3.63, 3.8) is 0 Å². The van der Waals surface area contributed by atoms with E-state index in [2.05, 4.69) is 26.5 Å². The van der Waals surface area contributed by atoms with Gasteiger partial charge in [-0.1, -0.05) is 22.0 Å². The van der Waals surface area contributed by atoms with Gasteiger partial charge in [0.2, 0.25) is 0 Å². The summed E-state index contributed by atoms with van der Waals surface area (Å²) in [4.78, 5) is 0. The molecule has 3 N–H and O–H groups in total. The fourth-order valence-electron chi connectivity index (χ4n) is 2.15. The van der Waals surface area contributed by atoms with Crippen molar-refractivity contribution in [3.05, 3.63) is 51.8 Å². The maximum atomic E-state index is 13.2. The maximum Gasteiger partial charge on any atom is 0.416 e. The van der Waals surface area contributed by atoms with E-state index in [4.69, 9.17) is 5.84 Å². The minimum absolute atomic E-state index is 0.108. The van der Waals surface area contributed by atoms with Crippen molar-refractivity contribution in [2.45, 2.75) is 18.6 Å². The Kier molecular flexibility index (Phi) is 4.70. The largest absolute Gasteiger partial charge is 0.416 e. The molecule has 1 aromatic carbocycles. The summed E-state index contributed by atoms with van der Waals surface area (Å²) < 4.78 is 41.4. The van der Waals surface area contributed by atoms with E-state index in [-0.39, 0.29) is 5.56 Å². The van der Waals surface area contributed by atoms with Crippen LogP contribution in [0.15, 0.2) is 35.1 Å². The molecule has 21 heavy (non-hydrogen) atoms. The Balaban J connectivity index is 2.38. The number of aryl methyl sites for hydroxylation is 1. The lowest BCUT2D eigenvalue weighted by Crippen LogP contribution is -2.31. The second kappa shape index (κ2) is 6.17. The summed E-state index contributed by atoms with van der Waals surface area (Å²) in [6.07, 6.45) is -0.773. The van der Waals surface area contributed by atoms with E-state index in [9.17, 15) is 13.2 Å². The number of benzene rings is 1. The molecule has 1 heterocycles. The lowest BCUT2D eigenvalue weighted by molar-refractivity contribution is -0.138. The number of hydrogen-bond donors (Lipinski definition) is 2. The van der Waals surface area contributed by atoms with Crippen molar-refractivity contribution in [2.24, 2.45) is 12.9 Å². The third-order valence-corrected chi connectivity index (χ3v) is 3.59. The second-order valence-corrected chi connectivity index (χ2v) is 5.59. The van der Waals surface area contributed by atoms with Gasteiger partial charge < -0.3 is 0 Å². The van der Waals surface area contributed by atoms with Gasteiger partial charge in [-0.2, -0.15) is 18.3 Å². The lowest BCUT2D eigenvalue weighted by Gasteiger charge is -2.21. The first-order chi connectivity index (χ1) is 9.81. The van der Waals surface area contributed by atoms with Gasteiger partial charge in [0.1, 0.15) is 0 Å². The molecule has 1 atom stereocenters. The first-order valence-corrected chi connectivity index (χ1v) is 6.91. The SMILES string of the molecule is Cn1cc(CC(NN)c2ccc(Br)cc2C(F)(F)F)cn1. The van der Waals surface area contributed by atoms with Gasteiger partial charge in [-0.25, -0.2) is 0 Å². The van der Waals surface area contributed by atoms with E-state index in [0.717, 1.165) is 11.6 Å². The molecule has 4 nitrogen and oxygen atoms in total. The van der Waals surface area contributed by atoms with Crippen LogP contribution in [0.25, 0.3) is 0 Å². The highest BCUT2D eigenvalue weighted by molar-refractivity contribution is 9.10. The minimum Gasteiger partial charge on any atom is -0.276 e. The standard InChI is InChI=1S/C13H14BrF3N4/c1-21-7-8(6-19-21)4-12(20-18)10-3-2-9(14)5-11(10)13(15,16)17/h2-3,5-7,12,20H,4,18H2,1H3. The molecule has 0 bridgehead atoms. The summed E-state index contributed by atoms with van der Waals surface area (Å²) in [6, 6.07) is 3.40. The molecule has 0 fully saturated rings. The van der Waals surface area contributed by atoms with E-state index in [0.29, 0.717) is 10.9 Å². The molecule has 1 unspecified atom stereocenters. The van der Waals surface area contributed by atoms with Crippen molar-refractivity contribution in [3.8, 4) is 0 Å². The Morgan fingerprint density at radius 3 is 2.67 bits per heavy atom. The number of hydrazine groups is 1. The van der Waals surface area contributed by atoms with Gasteiger partial charge in [0.15, 0.2) is 0 Å². The molecule has 2 rings (SSSR count). The third kappa shape index (κ3) is 3.84. The van der Waals surface area contributed by atoms with Gasteiger partial charge in [0, 0.05) is 17.7 Å². The van der Waals surface area contributed by atoms with Crippen molar-refractivity contribution >= 4 is 15.9 Å². The molecule has 1 aromatic heterocycles. The van der Waals surface area contributed by atoms with Crippen LogP contribution in [0, 0.1) is 0 Å². The molecular weight excluding hydrogens is 349 g/mol. The smallest absolute Gasteiger partial charge is 0.276 e. The fourth-order valence-corrected chi connectivity index (χ4v) is 2.51. The van der Waals surface area contributed by atoms with Crippen LogP contribution in [0.5, 0.6) is 0 Å². The summed E-state index contributed by atoms with van der Waals surface area (Å²) in [5.41, 5.74) is 2.66. The first-order valence-electron chi connectivity index (χ1n) is 6.11. The van der Waals surface area contributed by atoms with E-state index in [1.165, 1.54) is 6.07 Å². The first kappa shape index (κ1) is 16.0. The van der Waals surface area contributed by atoms with Crippen LogP contribution in [0.2, 0.25) is 0 Å². The maximum absolute atomic E-state index is 13.2. The molecule has 0 aliphatic rings. The minimum atomic E-state index is -4.44. The number of nitrogens with zero attached hydrogens (tertiary/aromatic N) is 2. The van der Waals surface area contributed by atoms with Crippen LogP contribution in [0.4, 0.5) is 13.2 Å². The molecule has 0 spiro atoms. The van der Waals surface area contributed by atoms with Gasteiger partial charge in [0.05, 0.1) is 17.8 Å². The van der Waals surface area contributed by atoms with E-state index in [1.54, 1.807) is 30.2 Å². The predicted octanol–water partition coefficient (Wildman–Crippen LogP) is 2.95. The van der Waals surface area contributed by atoms with Crippen molar-refractivity contribution < 1.29 is 13.2 Å². The number of hydrogen-bond acceptors (Lipinski definition) is 3. The average molecular weight is 363 g/mol. The highest BCUT2D eigenvalue weighted by Crippen LogP contribution is 2.37. The monoisotopic (exact) mass is 362 g/mol. The summed E-state index contributed by atoms with van der Waals surface area (Å²) in [7, 11) is 1.75. The average Bonchev–Trinajstić information content (AvgIpc) is 2.81. The fraction of sp³-hybridized carbons (Fsp3) is 0.308. The number of rotatable bonds is 4. The van der Waals surface area contributed by atoms with E-state index < -0.39 is 17.8 Å². The predicted molar refractivity (Wildman–Crippen MR) is 76.1 cm³/mol. The number of alkyl halides is 3. The van der Waals surface area contributed by atoms with Crippen LogP contribution in [0.3, 0.4) is 0 Å². The molecule has 8 heteroatoms. The molecule has 114 valence electrons. The zero-order chi connectivity index (χ0) is 15.6. The van der Waals surface area contributed by atoms with Crippen LogP contribution in [-0.4, -0.2) is 9.78 Å². The number of nitrogens with one attached hydrogen (secondary N) is 1. The summed E-state index contributed by atoms with van der Waals surface area (Å²) in [5, 5.41) is 4.00. The van der Waals surface area contributed by atoms with Crippen molar-refractivity contribution in [2.75, 3.05) is 0 Å². The normalized spacial score (nSPS) is 13.4. The molecule has 0 saturated carbocycles. The quantitative estimate of drug-likeness (QED) is 0.649. The summed E-state index contributed by atoms with van der Waals surface area (Å²) in [5.74, 6) is 5.45.